The number of ether oxygens (including phenoxy) is 1. The molecule has 1 aliphatic carbocycles. The Bertz CT molecular complexity index is 1230. The molecule has 0 spiro atoms. The van der Waals surface area contributed by atoms with Gasteiger partial charge in [0.25, 0.3) is 11.9 Å². The summed E-state index contributed by atoms with van der Waals surface area (Å²) in [5, 5.41) is 18.0. The molecule has 1 aliphatic heterocycles. The lowest BCUT2D eigenvalue weighted by Crippen LogP contribution is -2.45. The number of nitrogens with one attached hydrogen (secondary N) is 2. The highest BCUT2D eigenvalue weighted by Gasteiger charge is 2.32. The van der Waals surface area contributed by atoms with Gasteiger partial charge in [-0.25, -0.2) is 4.79 Å². The Hall–Kier alpha value is -4.21. The third kappa shape index (κ3) is 4.59. The van der Waals surface area contributed by atoms with Gasteiger partial charge in [-0.1, -0.05) is 48.5 Å². The van der Waals surface area contributed by atoms with Crippen molar-refractivity contribution in [2.75, 3.05) is 18.5 Å². The second-order valence-corrected chi connectivity index (χ2v) is 8.70. The van der Waals surface area contributed by atoms with Crippen LogP contribution >= 0.6 is 0 Å². The Morgan fingerprint density at radius 2 is 1.74 bits per heavy atom. The van der Waals surface area contributed by atoms with E-state index < -0.39 is 24.0 Å². The Kier molecular flexibility index (Phi) is 6.17. The molecule has 0 bridgehead atoms. The number of carboxylic acids is 1. The van der Waals surface area contributed by atoms with Gasteiger partial charge in [-0.15, -0.1) is 5.10 Å². The van der Waals surface area contributed by atoms with Crippen molar-refractivity contribution in [1.29, 1.82) is 0 Å². The predicted octanol–water partition coefficient (Wildman–Crippen LogP) is 3.64. The third-order valence-electron chi connectivity index (χ3n) is 6.54. The highest BCUT2D eigenvalue weighted by molar-refractivity contribution is 5.92. The lowest BCUT2D eigenvalue weighted by Gasteiger charge is -2.34. The van der Waals surface area contributed by atoms with Crippen molar-refractivity contribution in [2.24, 2.45) is 0 Å². The molecule has 1 aromatic heterocycles. The minimum Gasteiger partial charge on any atom is -0.481 e. The first-order valence-electron chi connectivity index (χ1n) is 11.6. The maximum absolute atomic E-state index is 12.9. The van der Waals surface area contributed by atoms with E-state index >= 15 is 0 Å². The molecule has 1 saturated heterocycles. The van der Waals surface area contributed by atoms with Gasteiger partial charge in [-0.2, -0.15) is 4.98 Å². The number of amides is 2. The Morgan fingerprint density at radius 1 is 1.06 bits per heavy atom. The van der Waals surface area contributed by atoms with E-state index in [1.54, 1.807) is 0 Å². The number of carbonyl (C=O) groups is 3. The molecule has 2 aromatic carbocycles. The first-order valence-corrected chi connectivity index (χ1v) is 11.6. The Labute approximate surface area is 201 Å². The minimum atomic E-state index is -0.954. The monoisotopic (exact) mass is 475 g/mol. The van der Waals surface area contributed by atoms with Gasteiger partial charge < -0.3 is 14.7 Å². The summed E-state index contributed by atoms with van der Waals surface area (Å²) in [5.41, 5.74) is 4.47. The number of rotatable bonds is 6. The molecule has 5 rings (SSSR count). The first-order chi connectivity index (χ1) is 17.0. The molecular formula is C25H25N5O5. The van der Waals surface area contributed by atoms with E-state index in [0.717, 1.165) is 35.1 Å². The molecular weight excluding hydrogens is 450 g/mol. The van der Waals surface area contributed by atoms with Crippen LogP contribution in [0.4, 0.5) is 10.7 Å². The van der Waals surface area contributed by atoms with Crippen molar-refractivity contribution in [3.63, 3.8) is 0 Å². The van der Waals surface area contributed by atoms with E-state index in [4.69, 9.17) is 9.84 Å². The van der Waals surface area contributed by atoms with Gasteiger partial charge in [0.1, 0.15) is 6.61 Å². The molecule has 10 heteroatoms. The summed E-state index contributed by atoms with van der Waals surface area (Å²) in [7, 11) is 0. The van der Waals surface area contributed by atoms with Crippen molar-refractivity contribution in [3.05, 3.63) is 65.5 Å². The summed E-state index contributed by atoms with van der Waals surface area (Å²) < 4.78 is 5.49. The molecule has 2 heterocycles. The number of carbonyl (C=O) groups excluding carboxylic acids is 2. The lowest BCUT2D eigenvalue weighted by atomic mass is 9.98. The molecule has 2 aliphatic rings. The first kappa shape index (κ1) is 22.6. The van der Waals surface area contributed by atoms with Gasteiger partial charge >= 0.3 is 12.1 Å². The van der Waals surface area contributed by atoms with Crippen molar-refractivity contribution < 1.29 is 24.2 Å². The molecule has 10 nitrogen and oxygen atoms in total. The number of anilines is 1. The fourth-order valence-corrected chi connectivity index (χ4v) is 4.96. The standard InChI is InChI=1S/C25H25N5O5/c31-21(32)13-15-7-5-6-12-30(15)23(33)22-26-24(29-28-22)27-25(34)35-14-20-18-10-3-1-8-16(18)17-9-2-4-11-19(17)20/h1-4,8-11,15,20H,5-7,12-14H2,(H,31,32)(H2,26,27,28,29,34). The van der Waals surface area contributed by atoms with Crippen molar-refractivity contribution >= 4 is 23.9 Å². The van der Waals surface area contributed by atoms with E-state index in [9.17, 15) is 14.4 Å². The summed E-state index contributed by atoms with van der Waals surface area (Å²) in [6.07, 6.45) is 1.43. The molecule has 3 aromatic rings. The van der Waals surface area contributed by atoms with Gasteiger partial charge in [-0.3, -0.25) is 20.0 Å². The second kappa shape index (κ2) is 9.57. The topological polar surface area (TPSA) is 138 Å². The van der Waals surface area contributed by atoms with E-state index in [1.807, 2.05) is 36.4 Å². The number of H-pyrrole nitrogens is 1. The smallest absolute Gasteiger partial charge is 0.414 e. The van der Waals surface area contributed by atoms with E-state index in [0.29, 0.717) is 13.0 Å². The zero-order valence-electron chi connectivity index (χ0n) is 18.9. The highest BCUT2D eigenvalue weighted by atomic mass is 16.5. The van der Waals surface area contributed by atoms with Crippen LogP contribution in [0.15, 0.2) is 48.5 Å². The maximum Gasteiger partial charge on any atom is 0.414 e. The van der Waals surface area contributed by atoms with E-state index in [-0.39, 0.29) is 30.7 Å². The predicted molar refractivity (Wildman–Crippen MR) is 126 cm³/mol. The zero-order chi connectivity index (χ0) is 24.4. The van der Waals surface area contributed by atoms with Crippen molar-refractivity contribution in [3.8, 4) is 11.1 Å². The maximum atomic E-state index is 12.9. The number of carboxylic acid groups (broad SMARTS) is 1. The van der Waals surface area contributed by atoms with Crippen LogP contribution in [0.3, 0.4) is 0 Å². The number of piperidine rings is 1. The second-order valence-electron chi connectivity index (χ2n) is 8.70. The summed E-state index contributed by atoms with van der Waals surface area (Å²) >= 11 is 0. The van der Waals surface area contributed by atoms with Gasteiger partial charge in [0.05, 0.1) is 6.42 Å². The summed E-state index contributed by atoms with van der Waals surface area (Å²) in [6.45, 7) is 0.591. The molecule has 1 atom stereocenters. The number of benzene rings is 2. The summed E-state index contributed by atoms with van der Waals surface area (Å²) in [6, 6.07) is 15.7. The zero-order valence-corrected chi connectivity index (χ0v) is 18.9. The molecule has 0 radical (unpaired) electrons. The molecule has 1 fully saturated rings. The largest absolute Gasteiger partial charge is 0.481 e. The molecule has 35 heavy (non-hydrogen) atoms. The van der Waals surface area contributed by atoms with Crippen LogP contribution < -0.4 is 5.32 Å². The van der Waals surface area contributed by atoms with E-state index in [1.165, 1.54) is 4.90 Å². The molecule has 2 amide bonds. The van der Waals surface area contributed by atoms with Crippen LogP contribution in [0.1, 0.15) is 53.3 Å². The Balaban J connectivity index is 1.22. The van der Waals surface area contributed by atoms with Crippen LogP contribution in [0.5, 0.6) is 0 Å². The van der Waals surface area contributed by atoms with E-state index in [2.05, 4.69) is 32.6 Å². The fourth-order valence-electron chi connectivity index (χ4n) is 4.96. The van der Waals surface area contributed by atoms with Crippen LogP contribution in [0.25, 0.3) is 11.1 Å². The Morgan fingerprint density at radius 3 is 2.43 bits per heavy atom. The number of aromatic nitrogens is 3. The fraction of sp³-hybridized carbons (Fsp3) is 0.320. The van der Waals surface area contributed by atoms with Gasteiger partial charge in [0, 0.05) is 18.5 Å². The minimum absolute atomic E-state index is 0.0590. The van der Waals surface area contributed by atoms with Crippen LogP contribution in [-0.2, 0) is 9.53 Å². The number of nitrogens with zero attached hydrogens (tertiary/aromatic N) is 3. The van der Waals surface area contributed by atoms with Gasteiger partial charge in [0.15, 0.2) is 0 Å². The van der Waals surface area contributed by atoms with Crippen LogP contribution in [0, 0.1) is 0 Å². The highest BCUT2D eigenvalue weighted by Crippen LogP contribution is 2.44. The number of likely N-dealkylation sites (tertiary alicyclic amines) is 1. The average Bonchev–Trinajstić information content (AvgIpc) is 3.45. The molecule has 1 unspecified atom stereocenters. The van der Waals surface area contributed by atoms with Crippen molar-refractivity contribution in [2.45, 2.75) is 37.6 Å². The van der Waals surface area contributed by atoms with Crippen LogP contribution in [0.2, 0.25) is 0 Å². The molecule has 3 N–H and O–H groups in total. The van der Waals surface area contributed by atoms with Gasteiger partial charge in [-0.05, 0) is 41.5 Å². The number of hydrogen-bond donors (Lipinski definition) is 3. The SMILES string of the molecule is O=C(O)CC1CCCCN1C(=O)c1nc(NC(=O)OCC2c3ccccc3-c3ccccc32)n[nH]1. The normalized spacial score (nSPS) is 16.9. The van der Waals surface area contributed by atoms with Crippen molar-refractivity contribution in [1.82, 2.24) is 20.1 Å². The van der Waals surface area contributed by atoms with Crippen LogP contribution in [-0.4, -0.2) is 62.4 Å². The average molecular weight is 476 g/mol. The third-order valence-corrected chi connectivity index (χ3v) is 6.54. The summed E-state index contributed by atoms with van der Waals surface area (Å²) in [4.78, 5) is 42.1. The number of fused-ring (bicyclic) bond motifs is 3. The quantitative estimate of drug-likeness (QED) is 0.495. The number of aromatic amines is 1. The lowest BCUT2D eigenvalue weighted by molar-refractivity contribution is -0.138. The summed E-state index contributed by atoms with van der Waals surface area (Å²) in [5.74, 6) is -1.62. The number of hydrogen-bond acceptors (Lipinski definition) is 6. The number of aliphatic carboxylic acids is 1. The molecule has 0 saturated carbocycles. The van der Waals surface area contributed by atoms with Gasteiger partial charge in [0.2, 0.25) is 5.82 Å². The molecule has 180 valence electrons.